The number of hydrogen-bond acceptors (Lipinski definition) is 3. The van der Waals surface area contributed by atoms with Gasteiger partial charge in [0.15, 0.2) is 0 Å². The molecule has 0 unspecified atom stereocenters. The number of rotatable bonds is 6. The Morgan fingerprint density at radius 2 is 1.89 bits per heavy atom. The highest BCUT2D eigenvalue weighted by atomic mass is 19.1. The van der Waals surface area contributed by atoms with Gasteiger partial charge >= 0.3 is 5.97 Å². The summed E-state index contributed by atoms with van der Waals surface area (Å²) in [4.78, 5) is 24.4. The van der Waals surface area contributed by atoms with Crippen molar-refractivity contribution in [1.29, 1.82) is 0 Å². The first-order chi connectivity index (χ1) is 12.8. The Morgan fingerprint density at radius 1 is 1.19 bits per heavy atom. The minimum atomic E-state index is -0.741. The monoisotopic (exact) mass is 376 g/mol. The minimum absolute atomic E-state index is 0.233. The number of carbonyl (C=O) groups is 2. The molecule has 0 saturated carbocycles. The van der Waals surface area contributed by atoms with Gasteiger partial charge in [0.2, 0.25) is 5.91 Å². The smallest absolute Gasteiger partial charge is 0.340 e. The number of nitrogens with one attached hydrogen (secondary N) is 1. The lowest BCUT2D eigenvalue weighted by atomic mass is 10.1. The quantitative estimate of drug-likeness (QED) is 0.606. The van der Waals surface area contributed by atoms with Crippen LogP contribution in [0, 0.1) is 25.5 Å². The van der Waals surface area contributed by atoms with Crippen LogP contribution in [0.2, 0.25) is 0 Å². The summed E-state index contributed by atoms with van der Waals surface area (Å²) in [5.74, 6) is -2.52. The number of amides is 1. The van der Waals surface area contributed by atoms with Crippen LogP contribution >= 0.6 is 0 Å². The standard InChI is InChI=1S/C20H22F2N2O3/c1-5-24-12(3)15(19(13(24)4)20(26)27-6-2)8-10-18(25)23-17-11-14(21)7-9-16(17)22/h7-11H,5-6H2,1-4H3,(H,23,25)/b10-8+. The number of esters is 1. The average molecular weight is 376 g/mol. The predicted molar refractivity (Wildman–Crippen MR) is 99.6 cm³/mol. The van der Waals surface area contributed by atoms with Crippen molar-refractivity contribution in [3.63, 3.8) is 0 Å². The van der Waals surface area contributed by atoms with E-state index in [0.29, 0.717) is 17.7 Å². The van der Waals surface area contributed by atoms with Gasteiger partial charge in [0, 0.05) is 35.6 Å². The van der Waals surface area contributed by atoms with Crippen molar-refractivity contribution in [1.82, 2.24) is 4.57 Å². The van der Waals surface area contributed by atoms with E-state index in [9.17, 15) is 18.4 Å². The van der Waals surface area contributed by atoms with E-state index in [-0.39, 0.29) is 12.3 Å². The maximum Gasteiger partial charge on any atom is 0.340 e. The second kappa shape index (κ2) is 8.62. The number of hydrogen-bond donors (Lipinski definition) is 1. The maximum absolute atomic E-state index is 13.6. The van der Waals surface area contributed by atoms with E-state index in [1.54, 1.807) is 6.92 Å². The Hall–Kier alpha value is -2.96. The van der Waals surface area contributed by atoms with Crippen molar-refractivity contribution < 1.29 is 23.1 Å². The Labute approximate surface area is 156 Å². The zero-order valence-electron chi connectivity index (χ0n) is 15.7. The van der Waals surface area contributed by atoms with Crippen LogP contribution in [-0.4, -0.2) is 23.1 Å². The Bertz CT molecular complexity index is 901. The van der Waals surface area contributed by atoms with E-state index in [1.807, 2.05) is 25.3 Å². The molecule has 0 radical (unpaired) electrons. The molecule has 1 amide bonds. The molecule has 1 aromatic heterocycles. The molecule has 144 valence electrons. The van der Waals surface area contributed by atoms with Gasteiger partial charge < -0.3 is 14.6 Å². The third-order valence-corrected chi connectivity index (χ3v) is 4.21. The van der Waals surface area contributed by atoms with Crippen molar-refractivity contribution in [2.75, 3.05) is 11.9 Å². The molecule has 2 rings (SSSR count). The van der Waals surface area contributed by atoms with Gasteiger partial charge in [-0.1, -0.05) is 0 Å². The molecule has 1 heterocycles. The minimum Gasteiger partial charge on any atom is -0.462 e. The zero-order valence-corrected chi connectivity index (χ0v) is 15.7. The molecule has 7 heteroatoms. The van der Waals surface area contributed by atoms with Crippen LogP contribution in [0.15, 0.2) is 24.3 Å². The molecule has 0 aliphatic carbocycles. The van der Waals surface area contributed by atoms with Crippen LogP contribution in [0.5, 0.6) is 0 Å². The van der Waals surface area contributed by atoms with Crippen molar-refractivity contribution in [3.8, 4) is 0 Å². The lowest BCUT2D eigenvalue weighted by molar-refractivity contribution is -0.111. The molecule has 0 atom stereocenters. The molecule has 27 heavy (non-hydrogen) atoms. The van der Waals surface area contributed by atoms with E-state index >= 15 is 0 Å². The molecule has 0 aliphatic heterocycles. The molecule has 1 N–H and O–H groups in total. The average Bonchev–Trinajstić information content (AvgIpc) is 2.86. The summed E-state index contributed by atoms with van der Waals surface area (Å²) in [6.07, 6.45) is 2.65. The number of nitrogens with zero attached hydrogens (tertiary/aromatic N) is 1. The number of anilines is 1. The largest absolute Gasteiger partial charge is 0.462 e. The van der Waals surface area contributed by atoms with Crippen LogP contribution in [0.25, 0.3) is 6.08 Å². The van der Waals surface area contributed by atoms with Gasteiger partial charge in [-0.05, 0) is 45.9 Å². The Balaban J connectivity index is 2.33. The van der Waals surface area contributed by atoms with Gasteiger partial charge in [0.25, 0.3) is 0 Å². The second-order valence-electron chi connectivity index (χ2n) is 5.87. The summed E-state index contributed by atoms with van der Waals surface area (Å²) in [5.41, 5.74) is 2.23. The number of ether oxygens (including phenoxy) is 1. The SMILES string of the molecule is CCOC(=O)c1c(/C=C/C(=O)Nc2cc(F)ccc2F)c(C)n(CC)c1C. The molecule has 0 aliphatic rings. The zero-order chi connectivity index (χ0) is 20.1. The van der Waals surface area contributed by atoms with E-state index in [1.165, 1.54) is 12.2 Å². The Morgan fingerprint density at radius 3 is 2.52 bits per heavy atom. The topological polar surface area (TPSA) is 60.3 Å². The van der Waals surface area contributed by atoms with Gasteiger partial charge in [-0.3, -0.25) is 4.79 Å². The number of aromatic nitrogens is 1. The van der Waals surface area contributed by atoms with E-state index in [2.05, 4.69) is 5.32 Å². The fourth-order valence-corrected chi connectivity index (χ4v) is 2.97. The van der Waals surface area contributed by atoms with Gasteiger partial charge in [-0.2, -0.15) is 0 Å². The summed E-state index contributed by atoms with van der Waals surface area (Å²) in [7, 11) is 0. The molecule has 0 spiro atoms. The first kappa shape index (κ1) is 20.4. The molecular weight excluding hydrogens is 354 g/mol. The van der Waals surface area contributed by atoms with Gasteiger partial charge in [0.1, 0.15) is 11.6 Å². The van der Waals surface area contributed by atoms with Crippen LogP contribution in [0.4, 0.5) is 14.5 Å². The lowest BCUT2D eigenvalue weighted by Gasteiger charge is -2.05. The molecule has 0 saturated heterocycles. The second-order valence-corrected chi connectivity index (χ2v) is 5.87. The van der Waals surface area contributed by atoms with Gasteiger partial charge in [-0.25, -0.2) is 13.6 Å². The van der Waals surface area contributed by atoms with Crippen LogP contribution < -0.4 is 5.32 Å². The molecule has 0 bridgehead atoms. The number of benzene rings is 1. The fourth-order valence-electron chi connectivity index (χ4n) is 2.97. The van der Waals surface area contributed by atoms with E-state index in [0.717, 1.165) is 29.6 Å². The van der Waals surface area contributed by atoms with E-state index < -0.39 is 23.5 Å². The van der Waals surface area contributed by atoms with Crippen LogP contribution in [0.3, 0.4) is 0 Å². The maximum atomic E-state index is 13.6. The highest BCUT2D eigenvalue weighted by molar-refractivity contribution is 6.04. The highest BCUT2D eigenvalue weighted by Gasteiger charge is 2.22. The summed E-state index contributed by atoms with van der Waals surface area (Å²) in [6.45, 7) is 8.19. The van der Waals surface area contributed by atoms with Gasteiger partial charge in [-0.15, -0.1) is 0 Å². The lowest BCUT2D eigenvalue weighted by Crippen LogP contribution is -2.10. The fraction of sp³-hybridized carbons (Fsp3) is 0.300. The predicted octanol–water partition coefficient (Wildman–Crippen LogP) is 4.23. The number of carbonyl (C=O) groups excluding carboxylic acids is 2. The third-order valence-electron chi connectivity index (χ3n) is 4.21. The first-order valence-electron chi connectivity index (χ1n) is 8.61. The molecule has 2 aromatic rings. The summed E-state index contributed by atoms with van der Waals surface area (Å²) in [6, 6.07) is 2.79. The van der Waals surface area contributed by atoms with Crippen molar-refractivity contribution in [3.05, 3.63) is 58.4 Å². The molecular formula is C20H22F2N2O3. The van der Waals surface area contributed by atoms with Gasteiger partial charge in [0.05, 0.1) is 17.9 Å². The molecule has 5 nitrogen and oxygen atoms in total. The summed E-state index contributed by atoms with van der Waals surface area (Å²) >= 11 is 0. The summed E-state index contributed by atoms with van der Waals surface area (Å²) in [5, 5.41) is 2.29. The number of halogens is 2. The van der Waals surface area contributed by atoms with Crippen molar-refractivity contribution >= 4 is 23.6 Å². The first-order valence-corrected chi connectivity index (χ1v) is 8.61. The van der Waals surface area contributed by atoms with Crippen molar-refractivity contribution in [2.45, 2.75) is 34.2 Å². The van der Waals surface area contributed by atoms with Crippen LogP contribution in [-0.2, 0) is 16.1 Å². The van der Waals surface area contributed by atoms with E-state index in [4.69, 9.17) is 4.74 Å². The normalized spacial score (nSPS) is 11.0. The summed E-state index contributed by atoms with van der Waals surface area (Å²) < 4.78 is 33.9. The molecule has 1 aromatic carbocycles. The van der Waals surface area contributed by atoms with Crippen LogP contribution in [0.1, 0.15) is 41.2 Å². The Kier molecular flexibility index (Phi) is 6.50. The highest BCUT2D eigenvalue weighted by Crippen LogP contribution is 2.25. The molecule has 0 fully saturated rings. The third kappa shape index (κ3) is 4.42. The van der Waals surface area contributed by atoms with Crippen molar-refractivity contribution in [2.24, 2.45) is 0 Å².